The average Bonchev–Trinajstić information content (AvgIpc) is 2.36. The van der Waals surface area contributed by atoms with Gasteiger partial charge in [-0.15, -0.1) is 0 Å². The molecule has 0 unspecified atom stereocenters. The van der Waals surface area contributed by atoms with E-state index in [0.29, 0.717) is 12.4 Å². The van der Waals surface area contributed by atoms with Crippen LogP contribution in [0.1, 0.15) is 12.5 Å². The summed E-state index contributed by atoms with van der Waals surface area (Å²) in [7, 11) is 1.67. The van der Waals surface area contributed by atoms with E-state index in [1.165, 1.54) is 6.21 Å². The summed E-state index contributed by atoms with van der Waals surface area (Å²) in [5.41, 5.74) is 1.10. The van der Waals surface area contributed by atoms with Crippen molar-refractivity contribution >= 4 is 34.6 Å². The molecule has 0 radical (unpaired) electrons. The number of hydrogen-bond donors (Lipinski definition) is 1. The van der Waals surface area contributed by atoms with Crippen molar-refractivity contribution in [2.45, 2.75) is 13.5 Å². The number of aliphatic imine (C=N–C) groups is 1. The van der Waals surface area contributed by atoms with E-state index in [2.05, 4.69) is 37.7 Å². The standard InChI is InChI=1S/C11H15IN4O/c1-3-16(11(13-2)7-15-17)8-9-4-5-10(12)14-6-9/h4-7,17H,3,8H2,1-2H3. The number of pyridine rings is 1. The van der Waals surface area contributed by atoms with E-state index in [0.717, 1.165) is 15.8 Å². The lowest BCUT2D eigenvalue weighted by Crippen LogP contribution is -2.31. The molecule has 1 rings (SSSR count). The maximum atomic E-state index is 8.56. The number of hydrogen-bond acceptors (Lipinski definition) is 4. The molecule has 17 heavy (non-hydrogen) atoms. The molecule has 0 aliphatic heterocycles. The molecule has 0 aromatic carbocycles. The van der Waals surface area contributed by atoms with Crippen LogP contribution in [-0.4, -0.2) is 40.7 Å². The average molecular weight is 346 g/mol. The van der Waals surface area contributed by atoms with Crippen molar-refractivity contribution in [2.75, 3.05) is 13.6 Å². The highest BCUT2D eigenvalue weighted by molar-refractivity contribution is 14.1. The molecule has 1 heterocycles. The molecule has 6 heteroatoms. The first-order chi connectivity index (χ1) is 8.21. The van der Waals surface area contributed by atoms with Crippen LogP contribution < -0.4 is 0 Å². The van der Waals surface area contributed by atoms with Gasteiger partial charge in [0.1, 0.15) is 15.8 Å². The first-order valence-electron chi connectivity index (χ1n) is 5.20. The molecule has 5 nitrogen and oxygen atoms in total. The molecule has 0 spiro atoms. The van der Waals surface area contributed by atoms with E-state index in [4.69, 9.17) is 5.21 Å². The van der Waals surface area contributed by atoms with Gasteiger partial charge < -0.3 is 10.1 Å². The van der Waals surface area contributed by atoms with E-state index in [1.807, 2.05) is 30.2 Å². The van der Waals surface area contributed by atoms with Crippen LogP contribution >= 0.6 is 22.6 Å². The van der Waals surface area contributed by atoms with Crippen LogP contribution in [0.3, 0.4) is 0 Å². The Balaban J connectivity index is 2.79. The molecule has 1 aromatic heterocycles. The third-order valence-corrected chi connectivity index (χ3v) is 2.91. The summed E-state index contributed by atoms with van der Waals surface area (Å²) in [5, 5.41) is 11.6. The van der Waals surface area contributed by atoms with Crippen molar-refractivity contribution in [3.05, 3.63) is 27.6 Å². The number of rotatable bonds is 4. The SMILES string of the molecule is CCN(Cc1ccc(I)nc1)C(C=NO)=NC. The quantitative estimate of drug-likeness (QED) is 0.227. The highest BCUT2D eigenvalue weighted by Crippen LogP contribution is 2.06. The lowest BCUT2D eigenvalue weighted by Gasteiger charge is -2.21. The van der Waals surface area contributed by atoms with Gasteiger partial charge in [-0.3, -0.25) is 4.99 Å². The summed E-state index contributed by atoms with van der Waals surface area (Å²) >= 11 is 2.17. The van der Waals surface area contributed by atoms with Crippen molar-refractivity contribution in [1.82, 2.24) is 9.88 Å². The molecular weight excluding hydrogens is 331 g/mol. The Morgan fingerprint density at radius 3 is 2.82 bits per heavy atom. The molecule has 0 saturated heterocycles. The van der Waals surface area contributed by atoms with Gasteiger partial charge in [-0.25, -0.2) is 4.98 Å². The van der Waals surface area contributed by atoms with E-state index in [1.54, 1.807) is 7.05 Å². The minimum atomic E-state index is 0.647. The summed E-state index contributed by atoms with van der Waals surface area (Å²) in [6.07, 6.45) is 3.18. The van der Waals surface area contributed by atoms with Crippen LogP contribution in [0, 0.1) is 3.70 Å². The van der Waals surface area contributed by atoms with Crippen LogP contribution in [0.15, 0.2) is 28.5 Å². The van der Waals surface area contributed by atoms with Gasteiger partial charge in [0.2, 0.25) is 0 Å². The summed E-state index contributed by atoms with van der Waals surface area (Å²) in [4.78, 5) is 10.3. The second-order valence-electron chi connectivity index (χ2n) is 3.33. The Labute approximate surface area is 114 Å². The molecule has 0 amide bonds. The smallest absolute Gasteiger partial charge is 0.145 e. The van der Waals surface area contributed by atoms with Crippen molar-refractivity contribution < 1.29 is 5.21 Å². The van der Waals surface area contributed by atoms with Gasteiger partial charge in [-0.1, -0.05) is 11.2 Å². The third-order valence-electron chi connectivity index (χ3n) is 2.27. The fourth-order valence-electron chi connectivity index (χ4n) is 1.41. The Morgan fingerprint density at radius 2 is 2.35 bits per heavy atom. The van der Waals surface area contributed by atoms with E-state index >= 15 is 0 Å². The molecule has 0 aliphatic carbocycles. The highest BCUT2D eigenvalue weighted by Gasteiger charge is 2.07. The van der Waals surface area contributed by atoms with Gasteiger partial charge >= 0.3 is 0 Å². The van der Waals surface area contributed by atoms with Crippen molar-refractivity contribution in [1.29, 1.82) is 0 Å². The normalized spacial score (nSPS) is 12.1. The van der Waals surface area contributed by atoms with Crippen LogP contribution in [0.4, 0.5) is 0 Å². The lowest BCUT2D eigenvalue weighted by atomic mass is 10.2. The second kappa shape index (κ2) is 7.21. The molecule has 92 valence electrons. The largest absolute Gasteiger partial charge is 0.411 e. The van der Waals surface area contributed by atoms with Crippen molar-refractivity contribution in [3.8, 4) is 0 Å². The molecular formula is C11H15IN4O. The number of aromatic nitrogens is 1. The van der Waals surface area contributed by atoms with Crippen LogP contribution in [0.25, 0.3) is 0 Å². The monoisotopic (exact) mass is 346 g/mol. The first kappa shape index (κ1) is 13.9. The van der Waals surface area contributed by atoms with Gasteiger partial charge in [0.25, 0.3) is 0 Å². The Morgan fingerprint density at radius 1 is 1.59 bits per heavy atom. The predicted octanol–water partition coefficient (Wildman–Crippen LogP) is 2.00. The van der Waals surface area contributed by atoms with Crippen LogP contribution in [0.2, 0.25) is 0 Å². The second-order valence-corrected chi connectivity index (χ2v) is 4.43. The fraction of sp³-hybridized carbons (Fsp3) is 0.364. The summed E-state index contributed by atoms with van der Waals surface area (Å²) in [6, 6.07) is 3.99. The Kier molecular flexibility index (Phi) is 5.88. The number of oxime groups is 1. The van der Waals surface area contributed by atoms with Gasteiger partial charge in [-0.05, 0) is 41.1 Å². The zero-order valence-electron chi connectivity index (χ0n) is 9.84. The molecule has 0 saturated carbocycles. The summed E-state index contributed by atoms with van der Waals surface area (Å²) < 4.78 is 0.968. The van der Waals surface area contributed by atoms with Gasteiger partial charge in [0.15, 0.2) is 0 Å². The molecule has 1 aromatic rings. The third kappa shape index (κ3) is 4.29. The van der Waals surface area contributed by atoms with E-state index in [-0.39, 0.29) is 0 Å². The van der Waals surface area contributed by atoms with Gasteiger partial charge in [-0.2, -0.15) is 0 Å². The van der Waals surface area contributed by atoms with Gasteiger partial charge in [0.05, 0.1) is 0 Å². The summed E-state index contributed by atoms with van der Waals surface area (Å²) in [6.45, 7) is 3.50. The molecule has 0 atom stereocenters. The maximum absolute atomic E-state index is 8.56. The number of amidine groups is 1. The minimum absolute atomic E-state index is 0.647. The maximum Gasteiger partial charge on any atom is 0.145 e. The van der Waals surface area contributed by atoms with Gasteiger partial charge in [0, 0.05) is 26.3 Å². The molecule has 1 N–H and O–H groups in total. The van der Waals surface area contributed by atoms with E-state index < -0.39 is 0 Å². The van der Waals surface area contributed by atoms with Crippen LogP contribution in [0.5, 0.6) is 0 Å². The molecule has 0 aliphatic rings. The topological polar surface area (TPSA) is 61.1 Å². The zero-order valence-corrected chi connectivity index (χ0v) is 12.0. The molecule has 0 bridgehead atoms. The highest BCUT2D eigenvalue weighted by atomic mass is 127. The summed E-state index contributed by atoms with van der Waals surface area (Å²) in [5.74, 6) is 0.647. The van der Waals surface area contributed by atoms with Crippen molar-refractivity contribution in [3.63, 3.8) is 0 Å². The first-order valence-corrected chi connectivity index (χ1v) is 6.28. The van der Waals surface area contributed by atoms with Crippen molar-refractivity contribution in [2.24, 2.45) is 10.1 Å². The lowest BCUT2D eigenvalue weighted by molar-refractivity contribution is 0.321. The van der Waals surface area contributed by atoms with E-state index in [9.17, 15) is 0 Å². The molecule has 0 fully saturated rings. The number of nitrogens with zero attached hydrogens (tertiary/aromatic N) is 4. The Bertz CT molecular complexity index is 402. The minimum Gasteiger partial charge on any atom is -0.411 e. The Hall–Kier alpha value is -1.18. The van der Waals surface area contributed by atoms with Crippen LogP contribution in [-0.2, 0) is 6.54 Å². The zero-order chi connectivity index (χ0) is 12.7. The predicted molar refractivity (Wildman–Crippen MR) is 76.7 cm³/mol. The number of halogens is 1. The fourth-order valence-corrected chi connectivity index (χ4v) is 1.73.